The summed E-state index contributed by atoms with van der Waals surface area (Å²) in [5.41, 5.74) is -0.469. The number of carbonyl (C=O) groups is 1. The maximum atomic E-state index is 12.1. The molecule has 4 heteroatoms. The van der Waals surface area contributed by atoms with Gasteiger partial charge in [-0.3, -0.25) is 4.79 Å². The summed E-state index contributed by atoms with van der Waals surface area (Å²) in [7, 11) is 1.64. The summed E-state index contributed by atoms with van der Waals surface area (Å²) in [5, 5.41) is 1.99. The van der Waals surface area contributed by atoms with E-state index in [4.69, 9.17) is 4.74 Å². The lowest BCUT2D eigenvalue weighted by Gasteiger charge is -2.38. The Hall–Kier alpha value is -0.190. The Morgan fingerprint density at radius 2 is 2.40 bits per heavy atom. The fourth-order valence-electron chi connectivity index (χ4n) is 1.85. The predicted molar refractivity (Wildman–Crippen MR) is 64.3 cm³/mol. The summed E-state index contributed by atoms with van der Waals surface area (Å²) in [6, 6.07) is 1.98. The summed E-state index contributed by atoms with van der Waals surface area (Å²) in [4.78, 5) is 13.2. The summed E-state index contributed by atoms with van der Waals surface area (Å²) in [6.45, 7) is 0. The minimum Gasteiger partial charge on any atom is -0.370 e. The van der Waals surface area contributed by atoms with Gasteiger partial charge in [-0.2, -0.15) is 0 Å². The molecular formula is C11H13BrO2S. The van der Waals surface area contributed by atoms with Gasteiger partial charge in [-0.05, 0) is 46.6 Å². The molecule has 0 saturated heterocycles. The number of halogens is 1. The van der Waals surface area contributed by atoms with Gasteiger partial charge in [0.15, 0.2) is 5.78 Å². The van der Waals surface area contributed by atoms with Crippen molar-refractivity contribution in [2.24, 2.45) is 0 Å². The largest absolute Gasteiger partial charge is 0.370 e. The zero-order valence-corrected chi connectivity index (χ0v) is 11.0. The van der Waals surface area contributed by atoms with Gasteiger partial charge in [-0.15, -0.1) is 11.3 Å². The highest BCUT2D eigenvalue weighted by Gasteiger charge is 2.43. The van der Waals surface area contributed by atoms with Crippen molar-refractivity contribution in [1.82, 2.24) is 0 Å². The molecule has 0 N–H and O–H groups in total. The van der Waals surface area contributed by atoms with Gasteiger partial charge in [-0.1, -0.05) is 0 Å². The number of carbonyl (C=O) groups excluding carboxylic acids is 1. The molecule has 0 bridgehead atoms. The number of rotatable bonds is 4. The molecule has 2 rings (SSSR count). The van der Waals surface area contributed by atoms with E-state index < -0.39 is 5.60 Å². The van der Waals surface area contributed by atoms with Crippen LogP contribution in [0, 0.1) is 0 Å². The number of Topliss-reactive ketones (excluding diaryl/α,β-unsaturated/α-hetero) is 1. The van der Waals surface area contributed by atoms with Crippen molar-refractivity contribution in [1.29, 1.82) is 0 Å². The predicted octanol–water partition coefficient (Wildman–Crippen LogP) is 3.19. The van der Waals surface area contributed by atoms with Crippen LogP contribution in [0.25, 0.3) is 0 Å². The third-order valence-corrected chi connectivity index (χ3v) is 5.00. The maximum Gasteiger partial charge on any atom is 0.169 e. The molecule has 0 atom stereocenters. The van der Waals surface area contributed by atoms with E-state index in [9.17, 15) is 4.79 Å². The Kier molecular flexibility index (Phi) is 3.28. The van der Waals surface area contributed by atoms with Crippen molar-refractivity contribution >= 4 is 33.0 Å². The number of thiophene rings is 1. The van der Waals surface area contributed by atoms with E-state index in [1.807, 2.05) is 11.4 Å². The summed E-state index contributed by atoms with van der Waals surface area (Å²) in [5.74, 6) is 0.222. The summed E-state index contributed by atoms with van der Waals surface area (Å²) >= 11 is 5.06. The van der Waals surface area contributed by atoms with Gasteiger partial charge in [0.25, 0.3) is 0 Å². The molecule has 1 heterocycles. The molecule has 0 unspecified atom stereocenters. The van der Waals surface area contributed by atoms with Crippen LogP contribution < -0.4 is 0 Å². The van der Waals surface area contributed by atoms with Crippen LogP contribution in [0.15, 0.2) is 15.9 Å². The SMILES string of the molecule is COC1(C(=O)Cc2sccc2Br)CCC1. The molecule has 0 spiro atoms. The first-order valence-corrected chi connectivity index (χ1v) is 6.65. The zero-order valence-electron chi connectivity index (χ0n) is 8.59. The highest BCUT2D eigenvalue weighted by atomic mass is 79.9. The van der Waals surface area contributed by atoms with Crippen LogP contribution in [0.5, 0.6) is 0 Å². The number of ether oxygens (including phenoxy) is 1. The topological polar surface area (TPSA) is 26.3 Å². The molecule has 1 aromatic rings. The van der Waals surface area contributed by atoms with Crippen LogP contribution in [0.1, 0.15) is 24.1 Å². The van der Waals surface area contributed by atoms with Crippen molar-refractivity contribution in [3.63, 3.8) is 0 Å². The first-order chi connectivity index (χ1) is 7.18. The van der Waals surface area contributed by atoms with Crippen LogP contribution in [-0.4, -0.2) is 18.5 Å². The molecule has 0 aliphatic heterocycles. The van der Waals surface area contributed by atoms with E-state index >= 15 is 0 Å². The molecular weight excluding hydrogens is 276 g/mol. The fraction of sp³-hybridized carbons (Fsp3) is 0.545. The maximum absolute atomic E-state index is 12.1. The van der Waals surface area contributed by atoms with Crippen LogP contribution in [0.3, 0.4) is 0 Å². The Bertz CT molecular complexity index is 363. The average Bonchev–Trinajstić information content (AvgIpc) is 2.51. The summed E-state index contributed by atoms with van der Waals surface area (Å²) in [6.07, 6.45) is 3.36. The van der Waals surface area contributed by atoms with E-state index in [0.29, 0.717) is 6.42 Å². The van der Waals surface area contributed by atoms with Gasteiger partial charge >= 0.3 is 0 Å². The van der Waals surface area contributed by atoms with E-state index in [1.54, 1.807) is 18.4 Å². The number of ketones is 1. The van der Waals surface area contributed by atoms with Gasteiger partial charge in [0, 0.05) is 22.9 Å². The van der Waals surface area contributed by atoms with Gasteiger partial charge in [0.05, 0.1) is 0 Å². The minimum atomic E-state index is -0.469. The van der Waals surface area contributed by atoms with Crippen LogP contribution in [0.2, 0.25) is 0 Å². The lowest BCUT2D eigenvalue weighted by atomic mass is 9.76. The van der Waals surface area contributed by atoms with Crippen LogP contribution in [-0.2, 0) is 16.0 Å². The van der Waals surface area contributed by atoms with E-state index in [1.165, 1.54) is 0 Å². The van der Waals surface area contributed by atoms with Crippen molar-refractivity contribution in [3.8, 4) is 0 Å². The van der Waals surface area contributed by atoms with Crippen LogP contribution >= 0.6 is 27.3 Å². The Labute approximate surface area is 102 Å². The fourth-order valence-corrected chi connectivity index (χ4v) is 3.34. The Morgan fingerprint density at radius 3 is 2.80 bits per heavy atom. The smallest absolute Gasteiger partial charge is 0.169 e. The first kappa shape index (κ1) is 11.3. The molecule has 1 fully saturated rings. The van der Waals surface area contributed by atoms with Crippen molar-refractivity contribution in [2.75, 3.05) is 7.11 Å². The molecule has 1 aromatic heterocycles. The van der Waals surface area contributed by atoms with E-state index in [2.05, 4.69) is 15.9 Å². The standard InChI is InChI=1S/C11H13BrO2S/c1-14-11(4-2-5-11)10(13)7-9-8(12)3-6-15-9/h3,6H,2,4-5,7H2,1H3. The molecule has 1 aliphatic rings. The number of hydrogen-bond acceptors (Lipinski definition) is 3. The Balaban J connectivity index is 2.07. The molecule has 15 heavy (non-hydrogen) atoms. The third-order valence-electron chi connectivity index (χ3n) is 3.07. The highest BCUT2D eigenvalue weighted by molar-refractivity contribution is 9.10. The molecule has 82 valence electrons. The second kappa shape index (κ2) is 4.36. The first-order valence-electron chi connectivity index (χ1n) is 4.98. The van der Waals surface area contributed by atoms with Crippen molar-refractivity contribution < 1.29 is 9.53 Å². The van der Waals surface area contributed by atoms with Gasteiger partial charge in [-0.25, -0.2) is 0 Å². The van der Waals surface area contributed by atoms with Gasteiger partial charge in [0.2, 0.25) is 0 Å². The lowest BCUT2D eigenvalue weighted by Crippen LogP contribution is -2.47. The molecule has 1 saturated carbocycles. The quantitative estimate of drug-likeness (QED) is 0.851. The molecule has 0 radical (unpaired) electrons. The average molecular weight is 289 g/mol. The van der Waals surface area contributed by atoms with Gasteiger partial charge < -0.3 is 4.74 Å². The number of methoxy groups -OCH3 is 1. The minimum absolute atomic E-state index is 0.222. The van der Waals surface area contributed by atoms with Crippen molar-refractivity contribution in [3.05, 3.63) is 20.8 Å². The molecule has 0 aromatic carbocycles. The molecule has 0 amide bonds. The molecule has 2 nitrogen and oxygen atoms in total. The molecule has 1 aliphatic carbocycles. The van der Waals surface area contributed by atoms with Gasteiger partial charge in [0.1, 0.15) is 5.60 Å². The zero-order chi connectivity index (χ0) is 10.9. The summed E-state index contributed by atoms with van der Waals surface area (Å²) < 4.78 is 6.40. The second-order valence-electron chi connectivity index (χ2n) is 3.84. The number of hydrogen-bond donors (Lipinski definition) is 0. The Morgan fingerprint density at radius 1 is 1.67 bits per heavy atom. The van der Waals surface area contributed by atoms with E-state index in [0.717, 1.165) is 28.6 Å². The highest BCUT2D eigenvalue weighted by Crippen LogP contribution is 2.37. The monoisotopic (exact) mass is 288 g/mol. The normalized spacial score (nSPS) is 18.5. The lowest BCUT2D eigenvalue weighted by molar-refractivity contribution is -0.150. The second-order valence-corrected chi connectivity index (χ2v) is 5.70. The van der Waals surface area contributed by atoms with E-state index in [-0.39, 0.29) is 5.78 Å². The van der Waals surface area contributed by atoms with Crippen molar-refractivity contribution in [2.45, 2.75) is 31.3 Å². The van der Waals surface area contributed by atoms with Crippen LogP contribution in [0.4, 0.5) is 0 Å². The third kappa shape index (κ3) is 2.03.